The van der Waals surface area contributed by atoms with E-state index in [1.807, 2.05) is 0 Å². The molecule has 1 aromatic carbocycles. The molecule has 0 atom stereocenters. The molecule has 0 aliphatic rings. The Balaban J connectivity index is 3.76. The van der Waals surface area contributed by atoms with Gasteiger partial charge in [0.2, 0.25) is 0 Å². The highest BCUT2D eigenvalue weighted by atomic mass is 19.2. The van der Waals surface area contributed by atoms with E-state index in [0.29, 0.717) is 0 Å². The van der Waals surface area contributed by atoms with Crippen LogP contribution in [0.3, 0.4) is 0 Å². The van der Waals surface area contributed by atoms with Gasteiger partial charge in [-0.05, 0) is 0 Å². The number of hydrogen-bond donors (Lipinski definition) is 0. The van der Waals surface area contributed by atoms with Crippen LogP contribution < -0.4 is 14.7 Å². The third kappa shape index (κ3) is 2.19. The number of hydrogen-bond acceptors (Lipinski definition) is 3. The summed E-state index contributed by atoms with van der Waals surface area (Å²) in [5.74, 6) is -2.99. The zero-order valence-corrected chi connectivity index (χ0v) is 11.5. The summed E-state index contributed by atoms with van der Waals surface area (Å²) in [7, 11) is 9.19. The first kappa shape index (κ1) is 14.5. The molecule has 102 valence electrons. The van der Waals surface area contributed by atoms with Crippen LogP contribution in [-0.4, -0.2) is 42.3 Å². The van der Waals surface area contributed by atoms with Crippen molar-refractivity contribution < 1.29 is 13.2 Å². The fourth-order valence-electron chi connectivity index (χ4n) is 1.83. The van der Waals surface area contributed by atoms with Gasteiger partial charge < -0.3 is 14.7 Å². The van der Waals surface area contributed by atoms with E-state index in [9.17, 15) is 13.2 Å². The van der Waals surface area contributed by atoms with Crippen LogP contribution >= 0.6 is 0 Å². The number of anilines is 3. The molecule has 0 unspecified atom stereocenters. The van der Waals surface area contributed by atoms with Gasteiger partial charge in [-0.2, -0.15) is 0 Å². The van der Waals surface area contributed by atoms with Crippen LogP contribution in [0.15, 0.2) is 0 Å². The van der Waals surface area contributed by atoms with Crippen molar-refractivity contribution in [1.82, 2.24) is 0 Å². The first-order chi connectivity index (χ1) is 8.20. The van der Waals surface area contributed by atoms with Crippen molar-refractivity contribution in [1.29, 1.82) is 0 Å². The first-order valence-corrected chi connectivity index (χ1v) is 5.42. The zero-order valence-electron chi connectivity index (χ0n) is 11.5. The molecule has 0 bridgehead atoms. The molecule has 0 spiro atoms. The summed E-state index contributed by atoms with van der Waals surface area (Å²) >= 11 is 0. The average Bonchev–Trinajstić information content (AvgIpc) is 2.21. The summed E-state index contributed by atoms with van der Waals surface area (Å²) in [5.41, 5.74) is -0.440. The van der Waals surface area contributed by atoms with Crippen molar-refractivity contribution in [3.63, 3.8) is 0 Å². The normalized spacial score (nSPS) is 10.5. The second kappa shape index (κ2) is 4.96. The quantitative estimate of drug-likeness (QED) is 0.773. The standard InChI is InChI=1S/C12H18F3N3/c1-16(2)10-7(13)8(14)11(17(3)4)12(9(10)15)18(5)6/h1-6H3. The van der Waals surface area contributed by atoms with Crippen LogP contribution in [0.2, 0.25) is 0 Å². The molecule has 1 aromatic rings. The van der Waals surface area contributed by atoms with E-state index < -0.39 is 17.5 Å². The molecule has 0 aliphatic carbocycles. The zero-order chi connectivity index (χ0) is 14.2. The SMILES string of the molecule is CN(C)c1c(F)c(F)c(N(C)C)c(N(C)C)c1F. The Morgan fingerprint density at radius 3 is 1.11 bits per heavy atom. The minimum atomic E-state index is -1.17. The number of nitrogens with zero attached hydrogens (tertiary/aromatic N) is 3. The van der Waals surface area contributed by atoms with Crippen LogP contribution in [0.25, 0.3) is 0 Å². The van der Waals surface area contributed by atoms with Gasteiger partial charge in [-0.3, -0.25) is 0 Å². The highest BCUT2D eigenvalue weighted by Gasteiger charge is 2.28. The summed E-state index contributed by atoms with van der Waals surface area (Å²) in [6.45, 7) is 0. The van der Waals surface area contributed by atoms with Crippen LogP contribution in [0.1, 0.15) is 0 Å². The smallest absolute Gasteiger partial charge is 0.187 e. The van der Waals surface area contributed by atoms with E-state index in [1.165, 1.54) is 28.8 Å². The van der Waals surface area contributed by atoms with Gasteiger partial charge in [0.15, 0.2) is 17.5 Å². The van der Waals surface area contributed by atoms with Gasteiger partial charge >= 0.3 is 0 Å². The first-order valence-electron chi connectivity index (χ1n) is 5.42. The Bertz CT molecular complexity index is 457. The van der Waals surface area contributed by atoms with E-state index in [0.717, 1.165) is 0 Å². The molecule has 1 rings (SSSR count). The van der Waals surface area contributed by atoms with E-state index in [2.05, 4.69) is 0 Å². The minimum Gasteiger partial charge on any atom is -0.373 e. The third-order valence-corrected chi connectivity index (χ3v) is 2.59. The monoisotopic (exact) mass is 261 g/mol. The van der Waals surface area contributed by atoms with Crippen molar-refractivity contribution in [3.05, 3.63) is 17.5 Å². The summed E-state index contributed by atoms with van der Waals surface area (Å²) in [6.07, 6.45) is 0. The van der Waals surface area contributed by atoms with Crippen molar-refractivity contribution in [2.75, 3.05) is 57.0 Å². The predicted octanol–water partition coefficient (Wildman–Crippen LogP) is 2.30. The van der Waals surface area contributed by atoms with Crippen molar-refractivity contribution in [2.24, 2.45) is 0 Å². The molecule has 0 amide bonds. The van der Waals surface area contributed by atoms with Gasteiger partial charge in [0.1, 0.15) is 17.1 Å². The van der Waals surface area contributed by atoms with E-state index in [4.69, 9.17) is 0 Å². The maximum Gasteiger partial charge on any atom is 0.187 e. The van der Waals surface area contributed by atoms with Crippen LogP contribution in [0.4, 0.5) is 30.2 Å². The maximum atomic E-state index is 14.3. The Morgan fingerprint density at radius 2 is 0.778 bits per heavy atom. The molecule has 6 heteroatoms. The molecule has 0 aromatic heterocycles. The molecular formula is C12H18F3N3. The highest BCUT2D eigenvalue weighted by Crippen LogP contribution is 2.40. The lowest BCUT2D eigenvalue weighted by atomic mass is 10.1. The van der Waals surface area contributed by atoms with Gasteiger partial charge in [-0.15, -0.1) is 0 Å². The Kier molecular flexibility index (Phi) is 3.98. The molecule has 0 heterocycles. The predicted molar refractivity (Wildman–Crippen MR) is 69.3 cm³/mol. The highest BCUT2D eigenvalue weighted by molar-refractivity contribution is 5.77. The molecule has 0 saturated heterocycles. The van der Waals surface area contributed by atoms with Crippen LogP contribution in [0, 0.1) is 17.5 Å². The van der Waals surface area contributed by atoms with Crippen LogP contribution in [0.5, 0.6) is 0 Å². The van der Waals surface area contributed by atoms with Crippen molar-refractivity contribution >= 4 is 17.1 Å². The second-order valence-corrected chi connectivity index (χ2v) is 4.67. The molecule has 0 fully saturated rings. The summed E-state index contributed by atoms with van der Waals surface area (Å²) in [5, 5.41) is 0. The molecule has 0 aliphatic heterocycles. The fraction of sp³-hybridized carbons (Fsp3) is 0.500. The second-order valence-electron chi connectivity index (χ2n) is 4.67. The van der Waals surface area contributed by atoms with E-state index >= 15 is 0 Å². The lowest BCUT2D eigenvalue weighted by Gasteiger charge is -2.27. The van der Waals surface area contributed by atoms with Gasteiger partial charge in [-0.25, -0.2) is 13.2 Å². The molecule has 3 nitrogen and oxygen atoms in total. The molecule has 18 heavy (non-hydrogen) atoms. The lowest BCUT2D eigenvalue weighted by molar-refractivity contribution is 0.496. The topological polar surface area (TPSA) is 9.72 Å². The van der Waals surface area contributed by atoms with Crippen molar-refractivity contribution in [2.45, 2.75) is 0 Å². The Morgan fingerprint density at radius 1 is 0.500 bits per heavy atom. The van der Waals surface area contributed by atoms with Crippen LogP contribution in [-0.2, 0) is 0 Å². The molecule has 0 N–H and O–H groups in total. The maximum absolute atomic E-state index is 14.3. The summed E-state index contributed by atoms with van der Waals surface area (Å²) in [4.78, 5) is 4.01. The van der Waals surface area contributed by atoms with E-state index in [1.54, 1.807) is 28.2 Å². The lowest BCUT2D eigenvalue weighted by Crippen LogP contribution is -2.23. The minimum absolute atomic E-state index is 0.0302. The van der Waals surface area contributed by atoms with Crippen molar-refractivity contribution in [3.8, 4) is 0 Å². The van der Waals surface area contributed by atoms with Gasteiger partial charge in [-0.1, -0.05) is 0 Å². The number of benzene rings is 1. The Hall–Kier alpha value is -1.59. The molecule has 0 saturated carbocycles. The molecular weight excluding hydrogens is 243 g/mol. The largest absolute Gasteiger partial charge is 0.373 e. The number of rotatable bonds is 3. The average molecular weight is 261 g/mol. The number of halogens is 3. The van der Waals surface area contributed by atoms with E-state index in [-0.39, 0.29) is 17.1 Å². The summed E-state index contributed by atoms with van der Waals surface area (Å²) < 4.78 is 42.2. The fourth-order valence-corrected chi connectivity index (χ4v) is 1.83. The van der Waals surface area contributed by atoms with Gasteiger partial charge in [0, 0.05) is 42.3 Å². The van der Waals surface area contributed by atoms with Gasteiger partial charge in [0.05, 0.1) is 0 Å². The Labute approximate surface area is 105 Å². The third-order valence-electron chi connectivity index (χ3n) is 2.59. The summed E-state index contributed by atoms with van der Waals surface area (Å²) in [6, 6.07) is 0. The van der Waals surface area contributed by atoms with Gasteiger partial charge in [0.25, 0.3) is 0 Å². The molecule has 0 radical (unpaired) electrons.